The van der Waals surface area contributed by atoms with Crippen molar-refractivity contribution in [2.45, 2.75) is 53.1 Å². The van der Waals surface area contributed by atoms with Crippen LogP contribution in [-0.4, -0.2) is 23.5 Å². The van der Waals surface area contributed by atoms with Crippen LogP contribution in [0.3, 0.4) is 0 Å². The molecule has 76 valence electrons. The Morgan fingerprint density at radius 1 is 1.38 bits per heavy atom. The average molecular weight is 181 g/mol. The fraction of sp³-hybridized carbons (Fsp3) is 1.00. The molecule has 0 radical (unpaired) electrons. The molecule has 2 fully saturated rings. The van der Waals surface area contributed by atoms with Crippen molar-refractivity contribution in [2.75, 3.05) is 6.54 Å². The van der Waals surface area contributed by atoms with Gasteiger partial charge in [0, 0.05) is 18.6 Å². The van der Waals surface area contributed by atoms with Crippen LogP contribution >= 0.6 is 0 Å². The summed E-state index contributed by atoms with van der Waals surface area (Å²) in [5, 5.41) is 0. The van der Waals surface area contributed by atoms with Gasteiger partial charge in [0.2, 0.25) is 0 Å². The van der Waals surface area contributed by atoms with Gasteiger partial charge in [0.15, 0.2) is 0 Å². The SMILES string of the molecule is CC[C@@H]1C2C(CN1C(C)C)C2(C)C. The maximum atomic E-state index is 2.71. The minimum absolute atomic E-state index is 0.659. The lowest BCUT2D eigenvalue weighted by Crippen LogP contribution is -2.40. The normalized spacial score (nSPS) is 42.5. The number of fused-ring (bicyclic) bond motifs is 1. The highest BCUT2D eigenvalue weighted by Crippen LogP contribution is 2.65. The van der Waals surface area contributed by atoms with Gasteiger partial charge in [-0.1, -0.05) is 20.8 Å². The molecule has 0 bridgehead atoms. The van der Waals surface area contributed by atoms with Crippen LogP contribution in [0.2, 0.25) is 0 Å². The van der Waals surface area contributed by atoms with Gasteiger partial charge >= 0.3 is 0 Å². The van der Waals surface area contributed by atoms with Crippen molar-refractivity contribution in [3.63, 3.8) is 0 Å². The van der Waals surface area contributed by atoms with Crippen molar-refractivity contribution in [3.05, 3.63) is 0 Å². The third-order valence-corrected chi connectivity index (χ3v) is 4.47. The summed E-state index contributed by atoms with van der Waals surface area (Å²) in [6.45, 7) is 13.3. The monoisotopic (exact) mass is 181 g/mol. The number of nitrogens with zero attached hydrogens (tertiary/aromatic N) is 1. The van der Waals surface area contributed by atoms with Gasteiger partial charge in [-0.15, -0.1) is 0 Å². The molecule has 0 aromatic heterocycles. The zero-order chi connectivity index (χ0) is 9.80. The molecule has 2 unspecified atom stereocenters. The second kappa shape index (κ2) is 2.73. The zero-order valence-corrected chi connectivity index (χ0v) is 9.67. The smallest absolute Gasteiger partial charge is 0.0132 e. The molecule has 1 nitrogen and oxygen atoms in total. The second-order valence-electron chi connectivity index (χ2n) is 5.72. The van der Waals surface area contributed by atoms with Crippen molar-refractivity contribution in [2.24, 2.45) is 17.3 Å². The van der Waals surface area contributed by atoms with Gasteiger partial charge in [-0.25, -0.2) is 0 Å². The standard InChI is InChI=1S/C12H23N/c1-6-10-11-9(12(11,4)5)7-13(10)8(2)3/h8-11H,6-7H2,1-5H3/t9?,10-,11?/m1/s1. The van der Waals surface area contributed by atoms with E-state index in [4.69, 9.17) is 0 Å². The highest BCUT2D eigenvalue weighted by molar-refractivity contribution is 5.16. The van der Waals surface area contributed by atoms with Crippen LogP contribution in [0.5, 0.6) is 0 Å². The Bertz CT molecular complexity index is 205. The predicted octanol–water partition coefficient (Wildman–Crippen LogP) is 2.76. The van der Waals surface area contributed by atoms with Gasteiger partial charge in [-0.2, -0.15) is 0 Å². The molecular formula is C12H23N. The van der Waals surface area contributed by atoms with E-state index in [9.17, 15) is 0 Å². The molecule has 0 N–H and O–H groups in total. The Labute approximate surface area is 82.5 Å². The van der Waals surface area contributed by atoms with E-state index in [1.807, 2.05) is 0 Å². The van der Waals surface area contributed by atoms with Crippen LogP contribution in [-0.2, 0) is 0 Å². The van der Waals surface area contributed by atoms with Crippen LogP contribution in [0, 0.1) is 17.3 Å². The van der Waals surface area contributed by atoms with Crippen LogP contribution in [0.15, 0.2) is 0 Å². The van der Waals surface area contributed by atoms with E-state index >= 15 is 0 Å². The molecule has 2 rings (SSSR count). The van der Waals surface area contributed by atoms with Crippen LogP contribution in [0.1, 0.15) is 41.0 Å². The molecule has 1 heterocycles. The van der Waals surface area contributed by atoms with Crippen molar-refractivity contribution >= 4 is 0 Å². The summed E-state index contributed by atoms with van der Waals surface area (Å²) in [5.41, 5.74) is 0.659. The number of hydrogen-bond donors (Lipinski definition) is 0. The van der Waals surface area contributed by atoms with E-state index in [2.05, 4.69) is 39.5 Å². The third-order valence-electron chi connectivity index (χ3n) is 4.47. The van der Waals surface area contributed by atoms with E-state index in [-0.39, 0.29) is 0 Å². The first-order valence-corrected chi connectivity index (χ1v) is 5.75. The highest BCUT2D eigenvalue weighted by Gasteiger charge is 2.65. The Morgan fingerprint density at radius 2 is 2.00 bits per heavy atom. The number of piperidine rings is 1. The largest absolute Gasteiger partial charge is 0.297 e. The van der Waals surface area contributed by atoms with E-state index in [1.165, 1.54) is 13.0 Å². The molecule has 0 aromatic carbocycles. The molecule has 0 aromatic rings. The van der Waals surface area contributed by atoms with Crippen LogP contribution < -0.4 is 0 Å². The number of likely N-dealkylation sites (tertiary alicyclic amines) is 1. The summed E-state index contributed by atoms with van der Waals surface area (Å²) in [5.74, 6) is 2.00. The van der Waals surface area contributed by atoms with Gasteiger partial charge in [0.25, 0.3) is 0 Å². The van der Waals surface area contributed by atoms with Gasteiger partial charge in [-0.05, 0) is 37.5 Å². The second-order valence-corrected chi connectivity index (χ2v) is 5.72. The minimum atomic E-state index is 0.659. The van der Waals surface area contributed by atoms with Gasteiger partial charge in [0.05, 0.1) is 0 Å². The lowest BCUT2D eigenvalue weighted by molar-refractivity contribution is 0.141. The molecule has 1 saturated heterocycles. The summed E-state index contributed by atoms with van der Waals surface area (Å²) < 4.78 is 0. The summed E-state index contributed by atoms with van der Waals surface area (Å²) in [4.78, 5) is 2.71. The molecule has 13 heavy (non-hydrogen) atoms. The Kier molecular flexibility index (Phi) is 1.99. The van der Waals surface area contributed by atoms with Crippen molar-refractivity contribution in [3.8, 4) is 0 Å². The summed E-state index contributed by atoms with van der Waals surface area (Å²) in [6.07, 6.45) is 1.34. The maximum absolute atomic E-state index is 2.71. The summed E-state index contributed by atoms with van der Waals surface area (Å²) in [6, 6.07) is 1.62. The predicted molar refractivity (Wildman–Crippen MR) is 56.7 cm³/mol. The first kappa shape index (κ1) is 9.51. The van der Waals surface area contributed by atoms with E-state index in [0.29, 0.717) is 5.41 Å². The van der Waals surface area contributed by atoms with Gasteiger partial charge in [0.1, 0.15) is 0 Å². The van der Waals surface area contributed by atoms with Gasteiger partial charge < -0.3 is 0 Å². The molecule has 1 aliphatic heterocycles. The maximum Gasteiger partial charge on any atom is 0.0132 e. The Morgan fingerprint density at radius 3 is 2.46 bits per heavy atom. The fourth-order valence-electron chi connectivity index (χ4n) is 3.55. The zero-order valence-electron chi connectivity index (χ0n) is 9.67. The summed E-state index contributed by atoms with van der Waals surface area (Å²) >= 11 is 0. The third kappa shape index (κ3) is 1.16. The number of rotatable bonds is 2. The van der Waals surface area contributed by atoms with Crippen LogP contribution in [0.25, 0.3) is 0 Å². The first-order valence-electron chi connectivity index (χ1n) is 5.75. The highest BCUT2D eigenvalue weighted by atomic mass is 15.2. The Hall–Kier alpha value is -0.0400. The summed E-state index contributed by atoms with van der Waals surface area (Å²) in [7, 11) is 0. The molecule has 0 spiro atoms. The molecule has 2 aliphatic rings. The van der Waals surface area contributed by atoms with Crippen LogP contribution in [0.4, 0.5) is 0 Å². The van der Waals surface area contributed by atoms with Crippen molar-refractivity contribution < 1.29 is 0 Å². The van der Waals surface area contributed by atoms with Crippen molar-refractivity contribution in [1.82, 2.24) is 4.90 Å². The molecule has 3 atom stereocenters. The first-order chi connectivity index (χ1) is 6.00. The molecular weight excluding hydrogens is 158 g/mol. The minimum Gasteiger partial charge on any atom is -0.297 e. The van der Waals surface area contributed by atoms with E-state index in [0.717, 1.165) is 23.9 Å². The van der Waals surface area contributed by atoms with E-state index < -0.39 is 0 Å². The Balaban J connectivity index is 2.09. The molecule has 1 saturated carbocycles. The quantitative estimate of drug-likeness (QED) is 0.633. The number of hydrogen-bond acceptors (Lipinski definition) is 1. The molecule has 0 amide bonds. The topological polar surface area (TPSA) is 3.24 Å². The fourth-order valence-corrected chi connectivity index (χ4v) is 3.55. The van der Waals surface area contributed by atoms with Crippen molar-refractivity contribution in [1.29, 1.82) is 0 Å². The molecule has 1 aliphatic carbocycles. The lowest BCUT2D eigenvalue weighted by atomic mass is 9.98. The average Bonchev–Trinajstić information content (AvgIpc) is 2.48. The van der Waals surface area contributed by atoms with Gasteiger partial charge in [-0.3, -0.25) is 4.90 Å². The molecule has 1 heteroatoms. The van der Waals surface area contributed by atoms with E-state index in [1.54, 1.807) is 0 Å². The lowest BCUT2D eigenvalue weighted by Gasteiger charge is -2.33.